The van der Waals surface area contributed by atoms with Crippen molar-refractivity contribution >= 4 is 5.96 Å². The molecule has 1 saturated heterocycles. The van der Waals surface area contributed by atoms with Gasteiger partial charge < -0.3 is 15.0 Å². The lowest BCUT2D eigenvalue weighted by Gasteiger charge is -2.33. The summed E-state index contributed by atoms with van der Waals surface area (Å²) in [7, 11) is 3.64. The van der Waals surface area contributed by atoms with Crippen LogP contribution in [0.3, 0.4) is 0 Å². The van der Waals surface area contributed by atoms with E-state index in [2.05, 4.69) is 27.3 Å². The average Bonchev–Trinajstić information content (AvgIpc) is 3.03. The first-order chi connectivity index (χ1) is 11.8. The van der Waals surface area contributed by atoms with Gasteiger partial charge in [0.15, 0.2) is 5.96 Å². The van der Waals surface area contributed by atoms with Crippen LogP contribution in [0.4, 0.5) is 0 Å². The third kappa shape index (κ3) is 3.85. The summed E-state index contributed by atoms with van der Waals surface area (Å²) in [5.74, 6) is 2.03. The third-order valence-corrected chi connectivity index (χ3v) is 5.73. The molecule has 132 valence electrons. The summed E-state index contributed by atoms with van der Waals surface area (Å²) < 4.78 is 5.44. The van der Waals surface area contributed by atoms with E-state index in [1.807, 2.05) is 19.2 Å². The van der Waals surface area contributed by atoms with Crippen molar-refractivity contribution in [3.63, 3.8) is 0 Å². The number of nitrogens with one attached hydrogen (secondary N) is 1. The van der Waals surface area contributed by atoms with E-state index in [0.29, 0.717) is 5.41 Å². The zero-order chi connectivity index (χ0) is 16.8. The van der Waals surface area contributed by atoms with Crippen LogP contribution in [0.1, 0.15) is 44.1 Å². The molecule has 1 heterocycles. The quantitative estimate of drug-likeness (QED) is 0.679. The Morgan fingerprint density at radius 2 is 2.00 bits per heavy atom. The average molecular weight is 329 g/mol. The van der Waals surface area contributed by atoms with Crippen LogP contribution in [0.5, 0.6) is 5.75 Å². The molecule has 2 aliphatic rings. The molecule has 2 fully saturated rings. The van der Waals surface area contributed by atoms with E-state index in [9.17, 15) is 0 Å². The van der Waals surface area contributed by atoms with E-state index in [0.717, 1.165) is 31.2 Å². The van der Waals surface area contributed by atoms with Crippen LogP contribution in [-0.2, 0) is 6.42 Å². The maximum Gasteiger partial charge on any atom is 0.193 e. The van der Waals surface area contributed by atoms with Crippen LogP contribution in [0.2, 0.25) is 0 Å². The van der Waals surface area contributed by atoms with Crippen LogP contribution >= 0.6 is 0 Å². The Kier molecular flexibility index (Phi) is 5.64. The molecule has 1 saturated carbocycles. The van der Waals surface area contributed by atoms with Crippen LogP contribution in [-0.4, -0.2) is 44.7 Å². The van der Waals surface area contributed by atoms with Crippen molar-refractivity contribution in [3.05, 3.63) is 29.8 Å². The molecule has 4 nitrogen and oxygen atoms in total. The number of aliphatic imine (C=N–C) groups is 1. The molecule has 0 unspecified atom stereocenters. The fraction of sp³-hybridized carbons (Fsp3) is 0.650. The number of para-hydroxylation sites is 1. The normalized spacial score (nSPS) is 20.4. The molecule has 1 N–H and O–H groups in total. The van der Waals surface area contributed by atoms with Crippen molar-refractivity contribution in [2.45, 2.75) is 44.9 Å². The maximum absolute atomic E-state index is 5.44. The number of benzene rings is 1. The Hall–Kier alpha value is -1.71. The van der Waals surface area contributed by atoms with Crippen molar-refractivity contribution in [2.75, 3.05) is 33.8 Å². The number of hydrogen-bond donors (Lipinski definition) is 1. The Balaban J connectivity index is 1.52. The Morgan fingerprint density at radius 1 is 1.21 bits per heavy atom. The Bertz CT molecular complexity index is 564. The summed E-state index contributed by atoms with van der Waals surface area (Å²) in [6, 6.07) is 8.25. The van der Waals surface area contributed by atoms with Crippen molar-refractivity contribution in [1.29, 1.82) is 0 Å². The highest BCUT2D eigenvalue weighted by Crippen LogP contribution is 2.43. The number of methoxy groups -OCH3 is 1. The SMILES string of the molecule is CN=C(NCCc1ccccc1OC)N1CCC2(CCCCC2)C1. The van der Waals surface area contributed by atoms with Gasteiger partial charge in [0.1, 0.15) is 5.75 Å². The van der Waals surface area contributed by atoms with Gasteiger partial charge in [-0.2, -0.15) is 0 Å². The second-order valence-electron chi connectivity index (χ2n) is 7.27. The fourth-order valence-corrected chi connectivity index (χ4v) is 4.38. The summed E-state index contributed by atoms with van der Waals surface area (Å²) >= 11 is 0. The lowest BCUT2D eigenvalue weighted by atomic mass is 9.73. The van der Waals surface area contributed by atoms with Gasteiger partial charge in [-0.1, -0.05) is 37.5 Å². The highest BCUT2D eigenvalue weighted by Gasteiger charge is 2.39. The van der Waals surface area contributed by atoms with Gasteiger partial charge in [-0.05, 0) is 42.7 Å². The van der Waals surface area contributed by atoms with Gasteiger partial charge in [0.05, 0.1) is 7.11 Å². The summed E-state index contributed by atoms with van der Waals surface area (Å²) in [5.41, 5.74) is 1.81. The van der Waals surface area contributed by atoms with E-state index in [4.69, 9.17) is 4.74 Å². The number of hydrogen-bond acceptors (Lipinski definition) is 2. The monoisotopic (exact) mass is 329 g/mol. The predicted molar refractivity (Wildman–Crippen MR) is 99.8 cm³/mol. The first-order valence-corrected chi connectivity index (χ1v) is 9.34. The lowest BCUT2D eigenvalue weighted by Crippen LogP contribution is -2.42. The van der Waals surface area contributed by atoms with Gasteiger partial charge in [-0.15, -0.1) is 0 Å². The van der Waals surface area contributed by atoms with E-state index >= 15 is 0 Å². The summed E-state index contributed by atoms with van der Waals surface area (Å²) in [6.45, 7) is 3.21. The molecule has 1 aliphatic carbocycles. The first-order valence-electron chi connectivity index (χ1n) is 9.34. The smallest absolute Gasteiger partial charge is 0.193 e. The molecule has 1 spiro atoms. The highest BCUT2D eigenvalue weighted by molar-refractivity contribution is 5.80. The van der Waals surface area contributed by atoms with Crippen LogP contribution in [0.15, 0.2) is 29.3 Å². The molecule has 0 aromatic heterocycles. The fourth-order valence-electron chi connectivity index (χ4n) is 4.38. The second kappa shape index (κ2) is 7.91. The van der Waals surface area contributed by atoms with E-state index in [1.54, 1.807) is 7.11 Å². The standard InChI is InChI=1S/C20H31N3O/c1-21-19(22-14-10-17-8-4-5-9-18(17)24-2)23-15-13-20(16-23)11-6-3-7-12-20/h4-5,8-9H,3,6-7,10-16H2,1-2H3,(H,21,22). The predicted octanol–water partition coefficient (Wildman–Crippen LogP) is 3.47. The molecule has 3 rings (SSSR count). The van der Waals surface area contributed by atoms with Gasteiger partial charge >= 0.3 is 0 Å². The van der Waals surface area contributed by atoms with Gasteiger partial charge in [-0.3, -0.25) is 4.99 Å². The molecule has 0 amide bonds. The number of nitrogens with zero attached hydrogens (tertiary/aromatic N) is 2. The number of ether oxygens (including phenoxy) is 1. The zero-order valence-corrected chi connectivity index (χ0v) is 15.2. The third-order valence-electron chi connectivity index (χ3n) is 5.73. The number of likely N-dealkylation sites (tertiary alicyclic amines) is 1. The van der Waals surface area contributed by atoms with Crippen LogP contribution in [0, 0.1) is 5.41 Å². The number of guanidine groups is 1. The Labute approximate surface area is 146 Å². The molecular weight excluding hydrogens is 298 g/mol. The van der Waals surface area contributed by atoms with Gasteiger partial charge in [-0.25, -0.2) is 0 Å². The van der Waals surface area contributed by atoms with Crippen LogP contribution < -0.4 is 10.1 Å². The Morgan fingerprint density at radius 3 is 2.75 bits per heavy atom. The molecular formula is C20H31N3O. The van der Waals surface area contributed by atoms with E-state index in [1.165, 1.54) is 50.6 Å². The van der Waals surface area contributed by atoms with Gasteiger partial charge in [0, 0.05) is 26.7 Å². The zero-order valence-electron chi connectivity index (χ0n) is 15.2. The first kappa shape index (κ1) is 17.1. The molecule has 24 heavy (non-hydrogen) atoms. The highest BCUT2D eigenvalue weighted by atomic mass is 16.5. The van der Waals surface area contributed by atoms with E-state index in [-0.39, 0.29) is 0 Å². The van der Waals surface area contributed by atoms with Gasteiger partial charge in [0.25, 0.3) is 0 Å². The molecule has 0 atom stereocenters. The largest absolute Gasteiger partial charge is 0.496 e. The molecule has 0 bridgehead atoms. The molecule has 1 aromatic rings. The van der Waals surface area contributed by atoms with Crippen molar-refractivity contribution < 1.29 is 4.74 Å². The minimum absolute atomic E-state index is 0.568. The molecule has 1 aliphatic heterocycles. The number of rotatable bonds is 4. The summed E-state index contributed by atoms with van der Waals surface area (Å²) in [4.78, 5) is 6.99. The maximum atomic E-state index is 5.44. The molecule has 0 radical (unpaired) electrons. The summed E-state index contributed by atoms with van der Waals surface area (Å²) in [5, 5.41) is 3.55. The minimum atomic E-state index is 0.568. The minimum Gasteiger partial charge on any atom is -0.496 e. The van der Waals surface area contributed by atoms with Crippen LogP contribution in [0.25, 0.3) is 0 Å². The molecule has 1 aromatic carbocycles. The van der Waals surface area contributed by atoms with Crippen molar-refractivity contribution in [3.8, 4) is 5.75 Å². The summed E-state index contributed by atoms with van der Waals surface area (Å²) in [6.07, 6.45) is 9.33. The topological polar surface area (TPSA) is 36.9 Å². The van der Waals surface area contributed by atoms with Gasteiger partial charge in [0.2, 0.25) is 0 Å². The molecule has 4 heteroatoms. The van der Waals surface area contributed by atoms with Crippen molar-refractivity contribution in [1.82, 2.24) is 10.2 Å². The van der Waals surface area contributed by atoms with E-state index < -0.39 is 0 Å². The second-order valence-corrected chi connectivity index (χ2v) is 7.27. The lowest BCUT2D eigenvalue weighted by molar-refractivity contribution is 0.203. The van der Waals surface area contributed by atoms with Crippen molar-refractivity contribution in [2.24, 2.45) is 10.4 Å².